The van der Waals surface area contributed by atoms with Crippen molar-refractivity contribution >= 4 is 50.5 Å². The van der Waals surface area contributed by atoms with E-state index in [9.17, 15) is 9.59 Å². The first-order chi connectivity index (χ1) is 13.4. The van der Waals surface area contributed by atoms with Gasteiger partial charge in [-0.05, 0) is 39.3 Å². The molecule has 0 atom stereocenters. The van der Waals surface area contributed by atoms with Crippen molar-refractivity contribution in [3.05, 3.63) is 51.0 Å². The van der Waals surface area contributed by atoms with Crippen LogP contribution in [-0.4, -0.2) is 28.5 Å². The number of anilines is 3. The number of nitrogens with zero attached hydrogens (tertiary/aromatic N) is 2. The Bertz CT molecular complexity index is 1030. The van der Waals surface area contributed by atoms with Crippen molar-refractivity contribution in [2.45, 2.75) is 27.7 Å². The fraction of sp³-hybridized carbons (Fsp3) is 0.263. The molecular formula is C19H20N4O3S2. The number of carbonyl (C=O) groups excluding carboxylic acids is 2. The zero-order valence-electron chi connectivity index (χ0n) is 16.0. The highest BCUT2D eigenvalue weighted by Gasteiger charge is 2.19. The molecule has 7 nitrogen and oxygen atoms in total. The van der Waals surface area contributed by atoms with Gasteiger partial charge in [-0.1, -0.05) is 29.0 Å². The van der Waals surface area contributed by atoms with Crippen molar-refractivity contribution in [2.24, 2.45) is 0 Å². The number of benzene rings is 1. The summed E-state index contributed by atoms with van der Waals surface area (Å²) in [6.07, 6.45) is 0. The fourth-order valence-electron chi connectivity index (χ4n) is 2.50. The summed E-state index contributed by atoms with van der Waals surface area (Å²) < 4.78 is 4.99. The minimum Gasteiger partial charge on any atom is -0.462 e. The summed E-state index contributed by atoms with van der Waals surface area (Å²) in [6, 6.07) is 6.08. The molecule has 1 aromatic carbocycles. The highest BCUT2D eigenvalue weighted by atomic mass is 32.1. The SMILES string of the molecule is CCOC(=O)c1sc(NC(=O)c2csc(Nc3ccc(C)cc3C)n2)nc1C. The second-order valence-electron chi connectivity index (χ2n) is 6.09. The molecule has 0 aliphatic heterocycles. The van der Waals surface area contributed by atoms with Crippen molar-refractivity contribution in [2.75, 3.05) is 17.2 Å². The lowest BCUT2D eigenvalue weighted by Gasteiger charge is -2.07. The van der Waals surface area contributed by atoms with Crippen LogP contribution in [0.4, 0.5) is 16.0 Å². The van der Waals surface area contributed by atoms with Gasteiger partial charge in [-0.2, -0.15) is 0 Å². The van der Waals surface area contributed by atoms with Gasteiger partial charge < -0.3 is 10.1 Å². The Balaban J connectivity index is 1.69. The number of nitrogens with one attached hydrogen (secondary N) is 2. The molecule has 2 N–H and O–H groups in total. The van der Waals surface area contributed by atoms with Crippen LogP contribution in [0.3, 0.4) is 0 Å². The molecule has 0 bridgehead atoms. The molecule has 0 saturated heterocycles. The van der Waals surface area contributed by atoms with Gasteiger partial charge in [-0.3, -0.25) is 10.1 Å². The van der Waals surface area contributed by atoms with E-state index in [0.29, 0.717) is 20.8 Å². The van der Waals surface area contributed by atoms with E-state index in [1.54, 1.807) is 19.2 Å². The summed E-state index contributed by atoms with van der Waals surface area (Å²) in [5.41, 5.74) is 4.03. The van der Waals surface area contributed by atoms with Gasteiger partial charge in [0.2, 0.25) is 0 Å². The van der Waals surface area contributed by atoms with Crippen molar-refractivity contribution in [3.63, 3.8) is 0 Å². The molecule has 0 spiro atoms. The lowest BCUT2D eigenvalue weighted by molar-refractivity contribution is 0.0531. The Morgan fingerprint density at radius 3 is 2.64 bits per heavy atom. The summed E-state index contributed by atoms with van der Waals surface area (Å²) in [4.78, 5) is 33.3. The molecule has 0 aliphatic rings. The first-order valence-electron chi connectivity index (χ1n) is 8.63. The lowest BCUT2D eigenvalue weighted by Crippen LogP contribution is -2.12. The first kappa shape index (κ1) is 20.0. The Hall–Kier alpha value is -2.78. The Kier molecular flexibility index (Phi) is 6.05. The number of rotatable bonds is 6. The average Bonchev–Trinajstić information content (AvgIpc) is 3.24. The van der Waals surface area contributed by atoms with Crippen LogP contribution in [0, 0.1) is 20.8 Å². The molecule has 0 fully saturated rings. The normalized spacial score (nSPS) is 10.6. The molecule has 2 aromatic heterocycles. The number of carbonyl (C=O) groups is 2. The van der Waals surface area contributed by atoms with E-state index in [2.05, 4.69) is 26.7 Å². The van der Waals surface area contributed by atoms with Gasteiger partial charge in [0.05, 0.1) is 12.3 Å². The second-order valence-corrected chi connectivity index (χ2v) is 7.95. The van der Waals surface area contributed by atoms with Gasteiger partial charge in [0.1, 0.15) is 10.6 Å². The largest absolute Gasteiger partial charge is 0.462 e. The van der Waals surface area contributed by atoms with Crippen LogP contribution in [-0.2, 0) is 4.74 Å². The quantitative estimate of drug-likeness (QED) is 0.566. The second kappa shape index (κ2) is 8.49. The van der Waals surface area contributed by atoms with Crippen molar-refractivity contribution in [3.8, 4) is 0 Å². The van der Waals surface area contributed by atoms with Gasteiger partial charge >= 0.3 is 5.97 Å². The van der Waals surface area contributed by atoms with E-state index in [1.807, 2.05) is 26.0 Å². The van der Waals surface area contributed by atoms with Gasteiger partial charge in [0.25, 0.3) is 5.91 Å². The number of aromatic nitrogens is 2. The highest BCUT2D eigenvalue weighted by molar-refractivity contribution is 7.17. The third kappa shape index (κ3) is 4.55. The van der Waals surface area contributed by atoms with Crippen LogP contribution in [0.25, 0.3) is 0 Å². The minimum atomic E-state index is -0.438. The third-order valence-electron chi connectivity index (χ3n) is 3.84. The van der Waals surface area contributed by atoms with Crippen LogP contribution in [0.5, 0.6) is 0 Å². The van der Waals surface area contributed by atoms with Crippen molar-refractivity contribution in [1.29, 1.82) is 0 Å². The number of hydrogen-bond acceptors (Lipinski definition) is 8. The van der Waals surface area contributed by atoms with E-state index in [4.69, 9.17) is 4.74 Å². The van der Waals surface area contributed by atoms with Crippen LogP contribution in [0.15, 0.2) is 23.6 Å². The van der Waals surface area contributed by atoms with Crippen LogP contribution in [0.1, 0.15) is 43.9 Å². The third-order valence-corrected chi connectivity index (χ3v) is 5.65. The summed E-state index contributed by atoms with van der Waals surface area (Å²) in [7, 11) is 0. The van der Waals surface area contributed by atoms with Crippen LogP contribution in [0.2, 0.25) is 0 Å². The predicted octanol–water partition coefficient (Wildman–Crippen LogP) is 4.70. The zero-order valence-corrected chi connectivity index (χ0v) is 17.6. The maximum Gasteiger partial charge on any atom is 0.350 e. The molecule has 0 saturated carbocycles. The van der Waals surface area contributed by atoms with Crippen LogP contribution >= 0.6 is 22.7 Å². The predicted molar refractivity (Wildman–Crippen MR) is 112 cm³/mol. The van der Waals surface area contributed by atoms with Gasteiger partial charge in [0, 0.05) is 11.1 Å². The lowest BCUT2D eigenvalue weighted by atomic mass is 10.1. The molecular weight excluding hydrogens is 396 g/mol. The van der Waals surface area contributed by atoms with E-state index in [0.717, 1.165) is 22.6 Å². The van der Waals surface area contributed by atoms with Crippen LogP contribution < -0.4 is 10.6 Å². The number of thiazole rings is 2. The summed E-state index contributed by atoms with van der Waals surface area (Å²) in [5.74, 6) is -0.819. The molecule has 3 aromatic rings. The standard InChI is InChI=1S/C19H20N4O3S2/c1-5-26-17(25)15-12(4)20-19(28-15)23-16(24)14-9-27-18(22-14)21-13-7-6-10(2)8-11(13)3/h6-9H,5H2,1-4H3,(H,21,22)(H,20,23,24). The molecule has 0 unspecified atom stereocenters. The first-order valence-corrected chi connectivity index (χ1v) is 10.3. The molecule has 9 heteroatoms. The maximum absolute atomic E-state index is 12.5. The topological polar surface area (TPSA) is 93.2 Å². The molecule has 28 heavy (non-hydrogen) atoms. The molecule has 2 heterocycles. The number of ether oxygens (including phenoxy) is 1. The van der Waals surface area contributed by atoms with E-state index in [-0.39, 0.29) is 18.2 Å². The van der Waals surface area contributed by atoms with E-state index >= 15 is 0 Å². The van der Waals surface area contributed by atoms with E-state index in [1.165, 1.54) is 16.9 Å². The molecule has 0 aliphatic carbocycles. The zero-order chi connectivity index (χ0) is 20.3. The number of hydrogen-bond donors (Lipinski definition) is 2. The Morgan fingerprint density at radius 2 is 1.93 bits per heavy atom. The summed E-state index contributed by atoms with van der Waals surface area (Å²) in [6.45, 7) is 7.78. The Morgan fingerprint density at radius 1 is 1.14 bits per heavy atom. The van der Waals surface area contributed by atoms with Crippen molar-refractivity contribution < 1.29 is 14.3 Å². The molecule has 3 rings (SSSR count). The fourth-order valence-corrected chi connectivity index (χ4v) is 4.06. The minimum absolute atomic E-state index is 0.280. The van der Waals surface area contributed by atoms with Gasteiger partial charge in [0.15, 0.2) is 10.3 Å². The van der Waals surface area contributed by atoms with Gasteiger partial charge in [-0.25, -0.2) is 14.8 Å². The number of amides is 1. The smallest absolute Gasteiger partial charge is 0.350 e. The Labute approximate surface area is 170 Å². The number of esters is 1. The average molecular weight is 417 g/mol. The summed E-state index contributed by atoms with van der Waals surface area (Å²) >= 11 is 2.43. The summed E-state index contributed by atoms with van der Waals surface area (Å²) in [5, 5.41) is 8.56. The highest BCUT2D eigenvalue weighted by Crippen LogP contribution is 2.26. The maximum atomic E-state index is 12.5. The monoisotopic (exact) mass is 416 g/mol. The molecule has 146 valence electrons. The molecule has 1 amide bonds. The molecule has 0 radical (unpaired) electrons. The van der Waals surface area contributed by atoms with Crippen molar-refractivity contribution in [1.82, 2.24) is 9.97 Å². The number of aryl methyl sites for hydroxylation is 3. The van der Waals surface area contributed by atoms with Gasteiger partial charge in [-0.15, -0.1) is 11.3 Å². The van der Waals surface area contributed by atoms with E-state index < -0.39 is 5.97 Å².